The molecule has 2 aromatic rings. The number of ether oxygens (including phenoxy) is 1. The van der Waals surface area contributed by atoms with Gasteiger partial charge in [-0.2, -0.15) is 0 Å². The highest BCUT2D eigenvalue weighted by molar-refractivity contribution is 5.50. The summed E-state index contributed by atoms with van der Waals surface area (Å²) in [6, 6.07) is 3.91. The average Bonchev–Trinajstić information content (AvgIpc) is 2.76. The van der Waals surface area contributed by atoms with E-state index >= 15 is 0 Å². The second-order valence-corrected chi connectivity index (χ2v) is 6.74. The van der Waals surface area contributed by atoms with Gasteiger partial charge in [0.2, 0.25) is 0 Å². The molecule has 0 radical (unpaired) electrons. The Labute approximate surface area is 132 Å². The van der Waals surface area contributed by atoms with Crippen LogP contribution in [0.5, 0.6) is 0 Å². The maximum atomic E-state index is 5.97. The SMILES string of the molecule is CC1CN(Cc2c(C(C)C)nc3ccc(N)cn23)CC(C)O1. The normalized spacial score (nSPS) is 23.5. The van der Waals surface area contributed by atoms with Crippen LogP contribution >= 0.6 is 0 Å². The smallest absolute Gasteiger partial charge is 0.137 e. The van der Waals surface area contributed by atoms with Crippen LogP contribution in [0.15, 0.2) is 18.3 Å². The lowest BCUT2D eigenvalue weighted by molar-refractivity contribution is -0.0709. The van der Waals surface area contributed by atoms with E-state index in [-0.39, 0.29) is 12.2 Å². The maximum Gasteiger partial charge on any atom is 0.137 e. The van der Waals surface area contributed by atoms with Crippen molar-refractivity contribution in [1.29, 1.82) is 0 Å². The van der Waals surface area contributed by atoms with Crippen LogP contribution in [-0.2, 0) is 11.3 Å². The number of pyridine rings is 1. The summed E-state index contributed by atoms with van der Waals surface area (Å²) >= 11 is 0. The highest BCUT2D eigenvalue weighted by Crippen LogP contribution is 2.24. The van der Waals surface area contributed by atoms with Gasteiger partial charge >= 0.3 is 0 Å². The molecule has 0 aliphatic carbocycles. The van der Waals surface area contributed by atoms with Gasteiger partial charge in [-0.25, -0.2) is 4.98 Å². The number of fused-ring (bicyclic) bond motifs is 1. The molecule has 5 nitrogen and oxygen atoms in total. The summed E-state index contributed by atoms with van der Waals surface area (Å²) in [6.07, 6.45) is 2.53. The number of hydrogen-bond donors (Lipinski definition) is 1. The van der Waals surface area contributed by atoms with Gasteiger partial charge < -0.3 is 14.9 Å². The predicted molar refractivity (Wildman–Crippen MR) is 89.0 cm³/mol. The van der Waals surface area contributed by atoms with Crippen LogP contribution in [0.4, 0.5) is 5.69 Å². The summed E-state index contributed by atoms with van der Waals surface area (Å²) < 4.78 is 7.98. The molecule has 0 bridgehead atoms. The van der Waals surface area contributed by atoms with Crippen LogP contribution in [-0.4, -0.2) is 39.6 Å². The van der Waals surface area contributed by atoms with Crippen LogP contribution in [0.2, 0.25) is 0 Å². The van der Waals surface area contributed by atoms with Crippen LogP contribution in [0, 0.1) is 0 Å². The minimum atomic E-state index is 0.274. The highest BCUT2D eigenvalue weighted by atomic mass is 16.5. The molecule has 120 valence electrons. The maximum absolute atomic E-state index is 5.97. The Balaban J connectivity index is 1.97. The van der Waals surface area contributed by atoms with Gasteiger partial charge in [0.05, 0.1) is 23.6 Å². The molecular formula is C17H26N4O. The van der Waals surface area contributed by atoms with Gasteiger partial charge in [-0.1, -0.05) is 13.8 Å². The summed E-state index contributed by atoms with van der Waals surface area (Å²) in [4.78, 5) is 7.26. The summed E-state index contributed by atoms with van der Waals surface area (Å²) in [5.74, 6) is 0.395. The zero-order chi connectivity index (χ0) is 15.9. The summed E-state index contributed by atoms with van der Waals surface area (Å²) in [6.45, 7) is 11.5. The molecule has 0 aromatic carbocycles. The molecule has 2 aromatic heterocycles. The van der Waals surface area contributed by atoms with E-state index in [0.717, 1.165) is 36.7 Å². The van der Waals surface area contributed by atoms with Crippen molar-refractivity contribution in [3.63, 3.8) is 0 Å². The predicted octanol–water partition coefficient (Wildman–Crippen LogP) is 2.65. The molecule has 0 spiro atoms. The third kappa shape index (κ3) is 2.96. The van der Waals surface area contributed by atoms with Gasteiger partial charge in [0.25, 0.3) is 0 Å². The molecule has 3 heterocycles. The van der Waals surface area contributed by atoms with Crippen molar-refractivity contribution >= 4 is 11.3 Å². The zero-order valence-electron chi connectivity index (χ0n) is 13.9. The van der Waals surface area contributed by atoms with Gasteiger partial charge in [-0.05, 0) is 31.9 Å². The fraction of sp³-hybridized carbons (Fsp3) is 0.588. The van der Waals surface area contributed by atoms with Crippen molar-refractivity contribution in [2.24, 2.45) is 0 Å². The number of nitrogens with zero attached hydrogens (tertiary/aromatic N) is 3. The quantitative estimate of drug-likeness (QED) is 0.947. The third-order valence-electron chi connectivity index (χ3n) is 4.19. The molecule has 3 rings (SSSR count). The van der Waals surface area contributed by atoms with Crippen LogP contribution in [0.1, 0.15) is 45.0 Å². The van der Waals surface area contributed by atoms with Crippen LogP contribution < -0.4 is 5.73 Å². The number of nitrogen functional groups attached to an aromatic ring is 1. The minimum Gasteiger partial charge on any atom is -0.398 e. The molecule has 2 atom stereocenters. The Morgan fingerprint density at radius 1 is 1.27 bits per heavy atom. The fourth-order valence-corrected chi connectivity index (χ4v) is 3.37. The van der Waals surface area contributed by atoms with Gasteiger partial charge in [-0.3, -0.25) is 4.90 Å². The molecule has 1 aliphatic rings. The molecule has 0 saturated carbocycles. The topological polar surface area (TPSA) is 55.8 Å². The Kier molecular flexibility index (Phi) is 4.10. The van der Waals surface area contributed by atoms with E-state index in [1.807, 2.05) is 18.3 Å². The largest absolute Gasteiger partial charge is 0.398 e. The first-order valence-electron chi connectivity index (χ1n) is 8.08. The lowest BCUT2D eigenvalue weighted by atomic mass is 10.1. The first-order chi connectivity index (χ1) is 10.4. The molecule has 1 aliphatic heterocycles. The molecular weight excluding hydrogens is 276 g/mol. The third-order valence-corrected chi connectivity index (χ3v) is 4.19. The summed E-state index contributed by atoms with van der Waals surface area (Å²) in [5, 5.41) is 0. The van der Waals surface area contributed by atoms with Crippen LogP contribution in [0.25, 0.3) is 5.65 Å². The second kappa shape index (κ2) is 5.89. The zero-order valence-corrected chi connectivity index (χ0v) is 13.9. The molecule has 5 heteroatoms. The molecule has 1 saturated heterocycles. The van der Waals surface area contributed by atoms with E-state index in [1.165, 1.54) is 5.69 Å². The molecule has 1 fully saturated rings. The highest BCUT2D eigenvalue weighted by Gasteiger charge is 2.25. The Hall–Kier alpha value is -1.59. The first kappa shape index (κ1) is 15.3. The van der Waals surface area contributed by atoms with Gasteiger partial charge in [0.15, 0.2) is 0 Å². The monoisotopic (exact) mass is 302 g/mol. The number of anilines is 1. The Morgan fingerprint density at radius 2 is 1.95 bits per heavy atom. The van der Waals surface area contributed by atoms with E-state index in [2.05, 4.69) is 37.0 Å². The lowest BCUT2D eigenvalue weighted by Crippen LogP contribution is -2.45. The molecule has 22 heavy (non-hydrogen) atoms. The van der Waals surface area contributed by atoms with E-state index in [1.54, 1.807) is 0 Å². The first-order valence-corrected chi connectivity index (χ1v) is 8.08. The second-order valence-electron chi connectivity index (χ2n) is 6.74. The lowest BCUT2D eigenvalue weighted by Gasteiger charge is -2.35. The number of hydrogen-bond acceptors (Lipinski definition) is 4. The van der Waals surface area contributed by atoms with Crippen molar-refractivity contribution in [2.45, 2.75) is 52.4 Å². The number of nitrogens with two attached hydrogens (primary N) is 1. The summed E-state index contributed by atoms with van der Waals surface area (Å²) in [5.41, 5.74) is 10.1. The number of imidazole rings is 1. The van der Waals surface area contributed by atoms with E-state index in [9.17, 15) is 0 Å². The van der Waals surface area contributed by atoms with Gasteiger partial charge in [0, 0.05) is 31.5 Å². The Morgan fingerprint density at radius 3 is 2.59 bits per heavy atom. The van der Waals surface area contributed by atoms with Crippen LogP contribution in [0.3, 0.4) is 0 Å². The molecule has 2 N–H and O–H groups in total. The fourth-order valence-electron chi connectivity index (χ4n) is 3.37. The number of aromatic nitrogens is 2. The standard InChI is InChI=1S/C17H26N4O/c1-11(2)17-15(10-20-7-12(3)22-13(4)8-20)21-9-14(18)5-6-16(21)19-17/h5-6,9,11-13H,7-8,10,18H2,1-4H3. The molecule has 0 amide bonds. The average molecular weight is 302 g/mol. The van der Waals surface area contributed by atoms with Gasteiger partial charge in [0.1, 0.15) is 5.65 Å². The van der Waals surface area contributed by atoms with Crippen molar-refractivity contribution in [1.82, 2.24) is 14.3 Å². The van der Waals surface area contributed by atoms with E-state index in [4.69, 9.17) is 15.5 Å². The van der Waals surface area contributed by atoms with Crippen molar-refractivity contribution in [3.8, 4) is 0 Å². The summed E-state index contributed by atoms with van der Waals surface area (Å²) in [7, 11) is 0. The van der Waals surface area contributed by atoms with E-state index in [0.29, 0.717) is 5.92 Å². The van der Waals surface area contributed by atoms with Crippen molar-refractivity contribution < 1.29 is 4.74 Å². The van der Waals surface area contributed by atoms with Crippen molar-refractivity contribution in [3.05, 3.63) is 29.7 Å². The number of morpholine rings is 1. The minimum absolute atomic E-state index is 0.274. The molecule has 2 unspecified atom stereocenters. The van der Waals surface area contributed by atoms with Crippen molar-refractivity contribution in [2.75, 3.05) is 18.8 Å². The number of rotatable bonds is 3. The Bertz CT molecular complexity index is 654. The van der Waals surface area contributed by atoms with Gasteiger partial charge in [-0.15, -0.1) is 0 Å². The van der Waals surface area contributed by atoms with E-state index < -0.39 is 0 Å².